The van der Waals surface area contributed by atoms with Crippen molar-refractivity contribution in [1.29, 1.82) is 0 Å². The van der Waals surface area contributed by atoms with Gasteiger partial charge in [-0.25, -0.2) is 9.78 Å². The number of hydrogen-bond donors (Lipinski definition) is 0. The fourth-order valence-corrected chi connectivity index (χ4v) is 2.58. The molecule has 0 atom stereocenters. The normalized spacial score (nSPS) is 10.4. The van der Waals surface area contributed by atoms with Gasteiger partial charge in [0.15, 0.2) is 5.69 Å². The van der Waals surface area contributed by atoms with Crippen molar-refractivity contribution in [2.75, 3.05) is 6.61 Å². The van der Waals surface area contributed by atoms with E-state index in [1.807, 2.05) is 0 Å². The first-order valence-electron chi connectivity index (χ1n) is 5.06. The summed E-state index contributed by atoms with van der Waals surface area (Å²) in [6.45, 7) is 2.05. The molecule has 0 aliphatic carbocycles. The van der Waals surface area contributed by atoms with Gasteiger partial charge in [0.2, 0.25) is 0 Å². The monoisotopic (exact) mass is 302 g/mol. The van der Waals surface area contributed by atoms with E-state index in [4.69, 9.17) is 27.9 Å². The topological polar surface area (TPSA) is 52.1 Å². The Bertz CT molecular complexity index is 586. The van der Waals surface area contributed by atoms with Gasteiger partial charge < -0.3 is 4.74 Å². The number of carbonyl (C=O) groups excluding carboxylic acids is 1. The predicted molar refractivity (Wildman–Crippen MR) is 71.3 cm³/mol. The van der Waals surface area contributed by atoms with Gasteiger partial charge in [-0.3, -0.25) is 4.98 Å². The summed E-state index contributed by atoms with van der Waals surface area (Å²) in [4.78, 5) is 19.7. The van der Waals surface area contributed by atoms with E-state index in [0.717, 1.165) is 0 Å². The molecular weight excluding hydrogens is 295 g/mol. The maximum absolute atomic E-state index is 11.5. The molecule has 7 heteroatoms. The van der Waals surface area contributed by atoms with Crippen LogP contribution in [-0.4, -0.2) is 22.5 Å². The van der Waals surface area contributed by atoms with Crippen molar-refractivity contribution in [2.24, 2.45) is 0 Å². The van der Waals surface area contributed by atoms with Crippen LogP contribution in [-0.2, 0) is 4.74 Å². The summed E-state index contributed by atoms with van der Waals surface area (Å²) < 4.78 is 4.86. The highest BCUT2D eigenvalue weighted by molar-refractivity contribution is 7.13. The first-order chi connectivity index (χ1) is 8.61. The minimum Gasteiger partial charge on any atom is -0.461 e. The van der Waals surface area contributed by atoms with E-state index in [1.54, 1.807) is 18.4 Å². The Morgan fingerprint density at radius 2 is 2.28 bits per heavy atom. The smallest absolute Gasteiger partial charge is 0.357 e. The van der Waals surface area contributed by atoms with Crippen molar-refractivity contribution >= 4 is 40.5 Å². The second kappa shape index (κ2) is 5.65. The largest absolute Gasteiger partial charge is 0.461 e. The number of hydrogen-bond acceptors (Lipinski definition) is 5. The molecule has 0 fully saturated rings. The van der Waals surface area contributed by atoms with Crippen molar-refractivity contribution in [1.82, 2.24) is 9.97 Å². The molecule has 0 aromatic carbocycles. The Morgan fingerprint density at radius 3 is 2.94 bits per heavy atom. The molecule has 18 heavy (non-hydrogen) atoms. The van der Waals surface area contributed by atoms with Gasteiger partial charge in [-0.05, 0) is 13.0 Å². The molecule has 2 rings (SSSR count). The summed E-state index contributed by atoms with van der Waals surface area (Å²) in [6.07, 6.45) is 1.48. The fourth-order valence-electron chi connectivity index (χ4n) is 1.25. The first-order valence-corrected chi connectivity index (χ1v) is 6.69. The zero-order valence-corrected chi connectivity index (χ0v) is 11.6. The zero-order valence-electron chi connectivity index (χ0n) is 9.31. The minimum atomic E-state index is -0.454. The van der Waals surface area contributed by atoms with Gasteiger partial charge in [0, 0.05) is 11.6 Å². The fraction of sp³-hybridized carbons (Fsp3) is 0.182. The Morgan fingerprint density at radius 1 is 1.50 bits per heavy atom. The number of thiazole rings is 1. The van der Waals surface area contributed by atoms with E-state index in [-0.39, 0.29) is 5.69 Å². The lowest BCUT2D eigenvalue weighted by Crippen LogP contribution is -2.04. The zero-order chi connectivity index (χ0) is 13.1. The Labute approximate surface area is 118 Å². The Hall–Kier alpha value is -1.17. The molecule has 0 aliphatic rings. The predicted octanol–water partition coefficient (Wildman–Crippen LogP) is 3.69. The lowest BCUT2D eigenvalue weighted by atomic mass is 10.3. The van der Waals surface area contributed by atoms with E-state index in [0.29, 0.717) is 27.4 Å². The molecule has 4 nitrogen and oxygen atoms in total. The van der Waals surface area contributed by atoms with E-state index in [2.05, 4.69) is 9.97 Å². The molecule has 2 aromatic heterocycles. The van der Waals surface area contributed by atoms with Crippen molar-refractivity contribution < 1.29 is 9.53 Å². The van der Waals surface area contributed by atoms with Gasteiger partial charge in [0.25, 0.3) is 0 Å². The second-order valence-corrected chi connectivity index (χ2v) is 4.94. The highest BCUT2D eigenvalue weighted by Gasteiger charge is 2.15. The Balaban J connectivity index is 2.32. The quantitative estimate of drug-likeness (QED) is 0.811. The number of carbonyl (C=O) groups is 1. The van der Waals surface area contributed by atoms with Crippen LogP contribution >= 0.6 is 34.5 Å². The van der Waals surface area contributed by atoms with E-state index >= 15 is 0 Å². The van der Waals surface area contributed by atoms with Crippen LogP contribution in [0.5, 0.6) is 0 Å². The van der Waals surface area contributed by atoms with Crippen LogP contribution in [0.4, 0.5) is 0 Å². The lowest BCUT2D eigenvalue weighted by Gasteiger charge is -1.99. The average molecular weight is 303 g/mol. The van der Waals surface area contributed by atoms with Crippen LogP contribution in [0.2, 0.25) is 10.0 Å². The molecule has 2 heterocycles. The minimum absolute atomic E-state index is 0.254. The van der Waals surface area contributed by atoms with Crippen LogP contribution < -0.4 is 0 Å². The van der Waals surface area contributed by atoms with Gasteiger partial charge >= 0.3 is 5.97 Å². The van der Waals surface area contributed by atoms with Crippen molar-refractivity contribution in [3.8, 4) is 10.7 Å². The molecular formula is C11H8Cl2N2O2S. The van der Waals surface area contributed by atoms with Gasteiger partial charge in [-0.15, -0.1) is 11.3 Å². The number of ether oxygens (including phenoxy) is 1. The SMILES string of the molecule is CCOC(=O)c1csc(-c2ncc(Cl)cc2Cl)n1. The third-order valence-corrected chi connectivity index (χ3v) is 3.34. The number of esters is 1. The van der Waals surface area contributed by atoms with Gasteiger partial charge in [0.05, 0.1) is 16.7 Å². The molecule has 94 valence electrons. The van der Waals surface area contributed by atoms with E-state index in [9.17, 15) is 4.79 Å². The van der Waals surface area contributed by atoms with Crippen LogP contribution in [0.15, 0.2) is 17.6 Å². The maximum Gasteiger partial charge on any atom is 0.357 e. The van der Waals surface area contributed by atoms with Gasteiger partial charge in [-0.1, -0.05) is 23.2 Å². The second-order valence-electron chi connectivity index (χ2n) is 3.24. The summed E-state index contributed by atoms with van der Waals surface area (Å²) in [5.41, 5.74) is 0.756. The number of aromatic nitrogens is 2. The molecule has 0 unspecified atom stereocenters. The highest BCUT2D eigenvalue weighted by Crippen LogP contribution is 2.30. The molecule has 0 bridgehead atoms. The van der Waals surface area contributed by atoms with Crippen LogP contribution in [0.25, 0.3) is 10.7 Å². The molecule has 0 saturated heterocycles. The number of halogens is 2. The Kier molecular flexibility index (Phi) is 4.16. The molecule has 2 aromatic rings. The van der Waals surface area contributed by atoms with Crippen molar-refractivity contribution in [3.63, 3.8) is 0 Å². The molecule has 0 N–H and O–H groups in total. The third-order valence-electron chi connectivity index (χ3n) is 2.00. The standard InChI is InChI=1S/C11H8Cl2N2O2S/c1-2-17-11(16)8-5-18-10(15-8)9-7(13)3-6(12)4-14-9/h3-5H,2H2,1H3. The summed E-state index contributed by atoms with van der Waals surface area (Å²) in [6, 6.07) is 1.58. The van der Waals surface area contributed by atoms with Crippen LogP contribution in [0.3, 0.4) is 0 Å². The first kappa shape index (κ1) is 13.3. The van der Waals surface area contributed by atoms with E-state index < -0.39 is 5.97 Å². The van der Waals surface area contributed by atoms with Crippen LogP contribution in [0.1, 0.15) is 17.4 Å². The summed E-state index contributed by atoms with van der Waals surface area (Å²) in [7, 11) is 0. The number of rotatable bonds is 3. The maximum atomic E-state index is 11.5. The number of pyridine rings is 1. The number of nitrogens with zero attached hydrogens (tertiary/aromatic N) is 2. The summed E-state index contributed by atoms with van der Waals surface area (Å²) in [5, 5.41) is 3.01. The highest BCUT2D eigenvalue weighted by atomic mass is 35.5. The van der Waals surface area contributed by atoms with Crippen LogP contribution in [0, 0.1) is 0 Å². The van der Waals surface area contributed by atoms with E-state index in [1.165, 1.54) is 17.5 Å². The van der Waals surface area contributed by atoms with Gasteiger partial charge in [-0.2, -0.15) is 0 Å². The molecule has 0 spiro atoms. The molecule has 0 saturated carbocycles. The molecule has 0 radical (unpaired) electrons. The lowest BCUT2D eigenvalue weighted by molar-refractivity contribution is 0.0520. The van der Waals surface area contributed by atoms with Crippen molar-refractivity contribution in [2.45, 2.75) is 6.92 Å². The average Bonchev–Trinajstić information content (AvgIpc) is 2.78. The van der Waals surface area contributed by atoms with Gasteiger partial charge in [0.1, 0.15) is 10.7 Å². The molecule has 0 amide bonds. The molecule has 0 aliphatic heterocycles. The van der Waals surface area contributed by atoms with Crippen molar-refractivity contribution in [3.05, 3.63) is 33.4 Å². The summed E-state index contributed by atoms with van der Waals surface area (Å²) in [5.74, 6) is -0.454. The third kappa shape index (κ3) is 2.80. The summed E-state index contributed by atoms with van der Waals surface area (Å²) >= 11 is 13.1.